The maximum atomic E-state index is 13.2. The standard InChI is InChI=1S/C27H31N3O7/c1-14(2)20-10-17-19(37-20)6-5-15(27(17)33)26-25-16-9-22(34-3)23(35-4)11-21(16)36-13-18(25)30(29-26)24(32)12-28-7-8-31/h5-6,9,11,18,20,25,28,31,33H,1,7-8,10,12-13H2,2-4H3/t18?,20-,25?/m1/s1. The van der Waals surface area contributed by atoms with Gasteiger partial charge in [-0.1, -0.05) is 6.58 Å². The van der Waals surface area contributed by atoms with Crippen LogP contribution in [0.5, 0.6) is 28.7 Å². The lowest BCUT2D eigenvalue weighted by atomic mass is 9.82. The number of hydrogen-bond acceptors (Lipinski definition) is 9. The molecule has 10 nitrogen and oxygen atoms in total. The van der Waals surface area contributed by atoms with Crippen LogP contribution in [0.25, 0.3) is 0 Å². The van der Waals surface area contributed by atoms with Crippen LogP contribution in [-0.4, -0.2) is 79.5 Å². The fraction of sp³-hybridized carbons (Fsp3) is 0.407. The Balaban J connectivity index is 1.60. The third-order valence-corrected chi connectivity index (χ3v) is 7.01. The molecule has 0 saturated heterocycles. The van der Waals surface area contributed by atoms with E-state index in [1.807, 2.05) is 19.1 Å². The van der Waals surface area contributed by atoms with Gasteiger partial charge in [0.2, 0.25) is 0 Å². The number of aromatic hydroxyl groups is 1. The van der Waals surface area contributed by atoms with Crippen molar-refractivity contribution in [3.63, 3.8) is 0 Å². The predicted molar refractivity (Wildman–Crippen MR) is 136 cm³/mol. The molecular formula is C27H31N3O7. The topological polar surface area (TPSA) is 122 Å². The summed E-state index contributed by atoms with van der Waals surface area (Å²) < 4.78 is 23.0. The van der Waals surface area contributed by atoms with Gasteiger partial charge in [0, 0.05) is 35.7 Å². The van der Waals surface area contributed by atoms with E-state index in [4.69, 9.17) is 29.2 Å². The molecule has 3 aliphatic heterocycles. The van der Waals surface area contributed by atoms with E-state index < -0.39 is 6.04 Å². The van der Waals surface area contributed by atoms with E-state index in [-0.39, 0.29) is 50.0 Å². The molecule has 3 aliphatic rings. The van der Waals surface area contributed by atoms with Gasteiger partial charge in [-0.25, -0.2) is 5.01 Å². The molecule has 0 saturated carbocycles. The molecule has 5 rings (SSSR count). The number of nitrogens with one attached hydrogen (secondary N) is 1. The Labute approximate surface area is 215 Å². The number of carbonyl (C=O) groups is 1. The Kier molecular flexibility index (Phi) is 6.70. The Morgan fingerprint density at radius 2 is 2.00 bits per heavy atom. The Morgan fingerprint density at radius 1 is 1.24 bits per heavy atom. The molecular weight excluding hydrogens is 478 g/mol. The zero-order chi connectivity index (χ0) is 26.3. The number of aliphatic hydroxyl groups is 1. The van der Waals surface area contributed by atoms with Crippen molar-refractivity contribution in [1.82, 2.24) is 10.3 Å². The van der Waals surface area contributed by atoms with Gasteiger partial charge in [0.15, 0.2) is 11.5 Å². The van der Waals surface area contributed by atoms with E-state index in [9.17, 15) is 9.90 Å². The number of nitrogens with zero attached hydrogens (tertiary/aromatic N) is 2. The lowest BCUT2D eigenvalue weighted by Crippen LogP contribution is -2.46. The molecule has 37 heavy (non-hydrogen) atoms. The van der Waals surface area contributed by atoms with Crippen LogP contribution < -0.4 is 24.3 Å². The minimum absolute atomic E-state index is 0.00362. The fourth-order valence-corrected chi connectivity index (χ4v) is 5.12. The zero-order valence-electron chi connectivity index (χ0n) is 21.1. The van der Waals surface area contributed by atoms with Gasteiger partial charge in [-0.05, 0) is 30.7 Å². The Bertz CT molecular complexity index is 1280. The number of aliphatic hydroxyl groups excluding tert-OH is 1. The van der Waals surface area contributed by atoms with Crippen molar-refractivity contribution in [1.29, 1.82) is 0 Å². The molecule has 2 unspecified atom stereocenters. The lowest BCUT2D eigenvalue weighted by Gasteiger charge is -2.33. The molecule has 0 radical (unpaired) electrons. The lowest BCUT2D eigenvalue weighted by molar-refractivity contribution is -0.132. The summed E-state index contributed by atoms with van der Waals surface area (Å²) in [5.41, 5.74) is 3.43. The molecule has 2 aromatic carbocycles. The average molecular weight is 510 g/mol. The summed E-state index contributed by atoms with van der Waals surface area (Å²) in [6, 6.07) is 6.77. The van der Waals surface area contributed by atoms with Crippen molar-refractivity contribution in [2.45, 2.75) is 31.4 Å². The van der Waals surface area contributed by atoms with Crippen LogP contribution in [0.4, 0.5) is 0 Å². The number of amides is 1. The minimum Gasteiger partial charge on any atom is -0.507 e. The number of fused-ring (bicyclic) bond motifs is 4. The quantitative estimate of drug-likeness (QED) is 0.365. The number of rotatable bonds is 8. The molecule has 0 bridgehead atoms. The van der Waals surface area contributed by atoms with Crippen LogP contribution in [-0.2, 0) is 11.2 Å². The number of benzene rings is 2. The smallest absolute Gasteiger partial charge is 0.257 e. The van der Waals surface area contributed by atoms with E-state index in [1.165, 1.54) is 5.01 Å². The van der Waals surface area contributed by atoms with E-state index in [1.54, 1.807) is 26.4 Å². The molecule has 0 aromatic heterocycles. The van der Waals surface area contributed by atoms with E-state index in [0.29, 0.717) is 46.3 Å². The van der Waals surface area contributed by atoms with Crippen LogP contribution in [0.15, 0.2) is 41.5 Å². The number of hydrogen-bond donors (Lipinski definition) is 3. The molecule has 196 valence electrons. The van der Waals surface area contributed by atoms with Crippen LogP contribution in [0, 0.1) is 0 Å². The van der Waals surface area contributed by atoms with Gasteiger partial charge in [-0.15, -0.1) is 0 Å². The van der Waals surface area contributed by atoms with Crippen LogP contribution in [0.2, 0.25) is 0 Å². The first-order valence-electron chi connectivity index (χ1n) is 12.2. The SMILES string of the molecule is C=C(C)[C@H]1Cc2c(ccc(C3=NN(C(=O)CNCCO)C4COc5cc(OC)c(OC)cc5C34)c2O)O1. The number of carbonyl (C=O) groups excluding carboxylic acids is 1. The number of ether oxygens (including phenoxy) is 4. The normalized spacial score (nSPS) is 21.2. The zero-order valence-corrected chi connectivity index (χ0v) is 21.1. The third-order valence-electron chi connectivity index (χ3n) is 7.01. The second-order valence-electron chi connectivity index (χ2n) is 9.32. The van der Waals surface area contributed by atoms with Gasteiger partial charge >= 0.3 is 0 Å². The predicted octanol–water partition coefficient (Wildman–Crippen LogP) is 1.96. The Hall–Kier alpha value is -3.76. The maximum absolute atomic E-state index is 13.2. The van der Waals surface area contributed by atoms with Crippen molar-refractivity contribution in [3.8, 4) is 28.7 Å². The van der Waals surface area contributed by atoms with Crippen molar-refractivity contribution >= 4 is 11.6 Å². The first-order chi connectivity index (χ1) is 17.9. The number of phenolic OH excluding ortho intramolecular Hbond substituents is 1. The van der Waals surface area contributed by atoms with Crippen molar-refractivity contribution in [2.24, 2.45) is 5.10 Å². The van der Waals surface area contributed by atoms with Crippen LogP contribution >= 0.6 is 0 Å². The summed E-state index contributed by atoms with van der Waals surface area (Å²) >= 11 is 0. The highest BCUT2D eigenvalue weighted by atomic mass is 16.5. The van der Waals surface area contributed by atoms with Crippen molar-refractivity contribution in [2.75, 3.05) is 40.5 Å². The molecule has 10 heteroatoms. The summed E-state index contributed by atoms with van der Waals surface area (Å²) in [5.74, 6) is 1.71. The minimum atomic E-state index is -0.434. The molecule has 1 amide bonds. The van der Waals surface area contributed by atoms with Crippen LogP contribution in [0.3, 0.4) is 0 Å². The third kappa shape index (κ3) is 4.25. The van der Waals surface area contributed by atoms with E-state index in [2.05, 4.69) is 11.9 Å². The molecule has 3 heterocycles. The number of methoxy groups -OCH3 is 2. The van der Waals surface area contributed by atoms with Gasteiger partial charge in [-0.3, -0.25) is 4.79 Å². The van der Waals surface area contributed by atoms with Gasteiger partial charge in [-0.2, -0.15) is 5.10 Å². The highest BCUT2D eigenvalue weighted by Gasteiger charge is 2.47. The highest BCUT2D eigenvalue weighted by molar-refractivity contribution is 6.10. The summed E-state index contributed by atoms with van der Waals surface area (Å²) in [4.78, 5) is 13.2. The molecule has 3 atom stereocenters. The second-order valence-corrected chi connectivity index (χ2v) is 9.32. The molecule has 0 spiro atoms. The monoisotopic (exact) mass is 509 g/mol. The van der Waals surface area contributed by atoms with E-state index >= 15 is 0 Å². The summed E-state index contributed by atoms with van der Waals surface area (Å²) in [6.45, 7) is 6.30. The van der Waals surface area contributed by atoms with Crippen molar-refractivity contribution in [3.05, 3.63) is 53.1 Å². The van der Waals surface area contributed by atoms with Crippen molar-refractivity contribution < 1.29 is 34.0 Å². The molecule has 2 aromatic rings. The van der Waals surface area contributed by atoms with Crippen LogP contribution in [0.1, 0.15) is 29.5 Å². The van der Waals surface area contributed by atoms with Gasteiger partial charge < -0.3 is 34.5 Å². The number of hydrazone groups is 1. The molecule has 0 fully saturated rings. The Morgan fingerprint density at radius 3 is 2.70 bits per heavy atom. The number of phenols is 1. The molecule has 0 aliphatic carbocycles. The average Bonchev–Trinajstić information content (AvgIpc) is 3.51. The summed E-state index contributed by atoms with van der Waals surface area (Å²) in [5, 5.41) is 29.5. The fourth-order valence-electron chi connectivity index (χ4n) is 5.12. The highest BCUT2D eigenvalue weighted by Crippen LogP contribution is 2.48. The second kappa shape index (κ2) is 9.95. The maximum Gasteiger partial charge on any atom is 0.257 e. The van der Waals surface area contributed by atoms with E-state index in [0.717, 1.165) is 11.1 Å². The van der Waals surface area contributed by atoms with Gasteiger partial charge in [0.1, 0.15) is 36.0 Å². The first-order valence-corrected chi connectivity index (χ1v) is 12.2. The van der Waals surface area contributed by atoms with Gasteiger partial charge in [0.25, 0.3) is 5.91 Å². The summed E-state index contributed by atoms with van der Waals surface area (Å²) in [6.07, 6.45) is 0.301. The summed E-state index contributed by atoms with van der Waals surface area (Å²) in [7, 11) is 3.11. The first kappa shape index (κ1) is 24.9. The molecule has 3 N–H and O–H groups in total. The largest absolute Gasteiger partial charge is 0.507 e. The van der Waals surface area contributed by atoms with Gasteiger partial charge in [0.05, 0.1) is 39.0 Å².